The molecule has 8 nitrogen and oxygen atoms in total. The Morgan fingerprint density at radius 2 is 1.88 bits per heavy atom. The Bertz CT molecular complexity index is 905. The molecule has 1 aliphatic rings. The van der Waals surface area contributed by atoms with E-state index in [2.05, 4.69) is 5.10 Å². The SMILES string of the molecule is N#CC1=C(N)N(/N=C/c2ccco2)[C@@H](c2ccco2)C1(C#N)C#N. The van der Waals surface area contributed by atoms with Crippen molar-refractivity contribution in [1.29, 1.82) is 15.8 Å². The Labute approximate surface area is 136 Å². The first-order chi connectivity index (χ1) is 11.7. The van der Waals surface area contributed by atoms with Crippen molar-refractivity contribution in [2.45, 2.75) is 6.04 Å². The number of hydrogen-bond acceptors (Lipinski definition) is 8. The van der Waals surface area contributed by atoms with Crippen LogP contribution in [0, 0.1) is 39.4 Å². The average molecular weight is 318 g/mol. The third-order valence-corrected chi connectivity index (χ3v) is 3.68. The Morgan fingerprint density at radius 3 is 2.42 bits per heavy atom. The third kappa shape index (κ3) is 2.01. The summed E-state index contributed by atoms with van der Waals surface area (Å²) in [5, 5.41) is 34.1. The topological polar surface area (TPSA) is 139 Å². The number of hydrogen-bond donors (Lipinski definition) is 1. The smallest absolute Gasteiger partial charge is 0.211 e. The van der Waals surface area contributed by atoms with Crippen LogP contribution in [-0.4, -0.2) is 11.2 Å². The predicted molar refractivity (Wildman–Crippen MR) is 80.1 cm³/mol. The van der Waals surface area contributed by atoms with Crippen LogP contribution in [0.25, 0.3) is 0 Å². The monoisotopic (exact) mass is 318 g/mol. The molecule has 3 rings (SSSR count). The molecule has 2 N–H and O–H groups in total. The van der Waals surface area contributed by atoms with Gasteiger partial charge in [-0.25, -0.2) is 5.01 Å². The molecule has 24 heavy (non-hydrogen) atoms. The summed E-state index contributed by atoms with van der Waals surface area (Å²) in [5.74, 6) is 0.665. The lowest BCUT2D eigenvalue weighted by atomic mass is 9.78. The van der Waals surface area contributed by atoms with Gasteiger partial charge in [-0.2, -0.15) is 20.9 Å². The summed E-state index contributed by atoms with van der Waals surface area (Å²) in [6.45, 7) is 0. The summed E-state index contributed by atoms with van der Waals surface area (Å²) in [6.07, 6.45) is 4.26. The van der Waals surface area contributed by atoms with Crippen molar-refractivity contribution in [3.05, 3.63) is 59.7 Å². The van der Waals surface area contributed by atoms with Gasteiger partial charge >= 0.3 is 0 Å². The second-order valence-corrected chi connectivity index (χ2v) is 4.93. The van der Waals surface area contributed by atoms with E-state index < -0.39 is 11.5 Å². The van der Waals surface area contributed by atoms with Crippen molar-refractivity contribution in [2.75, 3.05) is 0 Å². The fourth-order valence-electron chi connectivity index (χ4n) is 2.57. The zero-order chi connectivity index (χ0) is 17.2. The number of nitrogens with two attached hydrogens (primary N) is 1. The van der Waals surface area contributed by atoms with E-state index in [1.54, 1.807) is 24.3 Å². The van der Waals surface area contributed by atoms with Crippen molar-refractivity contribution in [2.24, 2.45) is 16.3 Å². The molecule has 0 aromatic carbocycles. The Balaban J connectivity index is 2.15. The molecular weight excluding hydrogens is 308 g/mol. The van der Waals surface area contributed by atoms with Gasteiger partial charge in [-0.1, -0.05) is 0 Å². The van der Waals surface area contributed by atoms with E-state index in [0.717, 1.165) is 0 Å². The van der Waals surface area contributed by atoms with Crippen LogP contribution < -0.4 is 5.73 Å². The summed E-state index contributed by atoms with van der Waals surface area (Å²) >= 11 is 0. The van der Waals surface area contributed by atoms with Crippen molar-refractivity contribution >= 4 is 6.21 Å². The van der Waals surface area contributed by atoms with Gasteiger partial charge in [0.2, 0.25) is 5.41 Å². The van der Waals surface area contributed by atoms with E-state index in [1.165, 1.54) is 23.7 Å². The standard InChI is InChI=1S/C16H10N6O2/c17-7-12-15(20)22(21-8-11-3-1-5-23-11)14(13-4-2-6-24-13)16(12,9-18)10-19/h1-6,8,14H,20H2/b21-8+/t14-/m0/s1. The lowest BCUT2D eigenvalue weighted by Crippen LogP contribution is -2.31. The van der Waals surface area contributed by atoms with Gasteiger partial charge in [-0.15, -0.1) is 0 Å². The summed E-state index contributed by atoms with van der Waals surface area (Å²) in [7, 11) is 0. The van der Waals surface area contributed by atoms with Gasteiger partial charge in [0.25, 0.3) is 0 Å². The summed E-state index contributed by atoms with van der Waals surface area (Å²) in [5.41, 5.74) is 4.01. The molecule has 1 atom stereocenters. The van der Waals surface area contributed by atoms with Crippen LogP contribution in [0.4, 0.5) is 0 Å². The highest BCUT2D eigenvalue weighted by atomic mass is 16.3. The van der Waals surface area contributed by atoms with Crippen LogP contribution in [0.15, 0.2) is 62.1 Å². The van der Waals surface area contributed by atoms with Gasteiger partial charge in [-0.3, -0.25) is 0 Å². The maximum absolute atomic E-state index is 9.62. The molecule has 0 saturated carbocycles. The molecule has 2 aromatic rings. The van der Waals surface area contributed by atoms with Gasteiger partial charge in [0, 0.05) is 0 Å². The molecule has 0 amide bonds. The summed E-state index contributed by atoms with van der Waals surface area (Å²) in [4.78, 5) is 0. The molecule has 8 heteroatoms. The third-order valence-electron chi connectivity index (χ3n) is 3.68. The van der Waals surface area contributed by atoms with Crippen LogP contribution in [0.1, 0.15) is 17.6 Å². The van der Waals surface area contributed by atoms with Gasteiger partial charge in [0.1, 0.15) is 35.0 Å². The molecule has 2 aromatic heterocycles. The molecule has 3 heterocycles. The molecule has 0 saturated heterocycles. The van der Waals surface area contributed by atoms with Gasteiger partial charge in [0.15, 0.2) is 0 Å². The number of hydrazone groups is 1. The van der Waals surface area contributed by atoms with Gasteiger partial charge < -0.3 is 14.6 Å². The van der Waals surface area contributed by atoms with E-state index in [1.807, 2.05) is 18.2 Å². The maximum Gasteiger partial charge on any atom is 0.211 e. The Morgan fingerprint density at radius 1 is 1.17 bits per heavy atom. The van der Waals surface area contributed by atoms with E-state index >= 15 is 0 Å². The Kier molecular flexibility index (Phi) is 3.54. The quantitative estimate of drug-likeness (QED) is 0.853. The minimum Gasteiger partial charge on any atom is -0.467 e. The summed E-state index contributed by atoms with van der Waals surface area (Å²) in [6, 6.07) is 11.2. The van der Waals surface area contributed by atoms with Gasteiger partial charge in [-0.05, 0) is 24.3 Å². The maximum atomic E-state index is 9.62. The number of furan rings is 2. The van der Waals surface area contributed by atoms with Crippen molar-refractivity contribution < 1.29 is 8.83 Å². The minimum absolute atomic E-state index is 0.0789. The van der Waals surface area contributed by atoms with Crippen LogP contribution in [-0.2, 0) is 0 Å². The highest BCUT2D eigenvalue weighted by Gasteiger charge is 2.57. The second-order valence-electron chi connectivity index (χ2n) is 4.93. The van der Waals surface area contributed by atoms with Crippen molar-refractivity contribution in [3.8, 4) is 18.2 Å². The first-order valence-corrected chi connectivity index (χ1v) is 6.81. The fraction of sp³-hybridized carbons (Fsp3) is 0.125. The molecule has 0 radical (unpaired) electrons. The zero-order valence-electron chi connectivity index (χ0n) is 12.2. The summed E-state index contributed by atoms with van der Waals surface area (Å²) < 4.78 is 10.5. The lowest BCUT2D eigenvalue weighted by Gasteiger charge is -2.25. The molecule has 116 valence electrons. The van der Waals surface area contributed by atoms with Crippen LogP contribution in [0.5, 0.6) is 0 Å². The minimum atomic E-state index is -1.82. The highest BCUT2D eigenvalue weighted by molar-refractivity contribution is 5.75. The normalized spacial score (nSPS) is 19.2. The number of nitriles is 3. The molecule has 0 aliphatic carbocycles. The molecular formula is C16H10N6O2. The fourth-order valence-corrected chi connectivity index (χ4v) is 2.57. The highest BCUT2D eigenvalue weighted by Crippen LogP contribution is 2.51. The van der Waals surface area contributed by atoms with Crippen molar-refractivity contribution in [1.82, 2.24) is 5.01 Å². The van der Waals surface area contributed by atoms with Gasteiger partial charge in [0.05, 0.1) is 30.9 Å². The van der Waals surface area contributed by atoms with E-state index in [0.29, 0.717) is 11.5 Å². The van der Waals surface area contributed by atoms with Crippen molar-refractivity contribution in [3.63, 3.8) is 0 Å². The lowest BCUT2D eigenvalue weighted by molar-refractivity contribution is 0.208. The average Bonchev–Trinajstić information content (AvgIpc) is 3.33. The van der Waals surface area contributed by atoms with E-state index in [4.69, 9.17) is 14.6 Å². The van der Waals surface area contributed by atoms with E-state index in [9.17, 15) is 15.8 Å². The molecule has 0 bridgehead atoms. The largest absolute Gasteiger partial charge is 0.467 e. The number of rotatable bonds is 3. The van der Waals surface area contributed by atoms with E-state index in [-0.39, 0.29) is 11.4 Å². The molecule has 0 fully saturated rings. The van der Waals surface area contributed by atoms with Crippen LogP contribution >= 0.6 is 0 Å². The van der Waals surface area contributed by atoms with Crippen LogP contribution in [0.2, 0.25) is 0 Å². The zero-order valence-corrected chi connectivity index (χ0v) is 12.2. The number of nitrogens with zero attached hydrogens (tertiary/aromatic N) is 5. The predicted octanol–water partition coefficient (Wildman–Crippen LogP) is 1.99. The molecule has 1 aliphatic heterocycles. The molecule has 0 unspecified atom stereocenters. The Hall–Kier alpha value is -3.96. The first-order valence-electron chi connectivity index (χ1n) is 6.81. The molecule has 0 spiro atoms. The first kappa shape index (κ1) is 15.0. The van der Waals surface area contributed by atoms with Crippen LogP contribution in [0.3, 0.4) is 0 Å². The second kappa shape index (κ2) is 5.68.